The molecule has 0 aliphatic heterocycles. The van der Waals surface area contributed by atoms with Gasteiger partial charge in [0.2, 0.25) is 0 Å². The Hall–Kier alpha value is -1.08. The van der Waals surface area contributed by atoms with Gasteiger partial charge < -0.3 is 5.11 Å². The molecule has 1 unspecified atom stereocenters. The molecule has 1 aromatic rings. The molecule has 19 heavy (non-hydrogen) atoms. The highest BCUT2D eigenvalue weighted by atomic mass is 16.3. The van der Waals surface area contributed by atoms with Crippen LogP contribution in [0.4, 0.5) is 0 Å². The van der Waals surface area contributed by atoms with Gasteiger partial charge >= 0.3 is 0 Å². The fourth-order valence-electron chi connectivity index (χ4n) is 2.85. The van der Waals surface area contributed by atoms with Crippen LogP contribution in [0.3, 0.4) is 0 Å². The second kappa shape index (κ2) is 8.16. The van der Waals surface area contributed by atoms with Crippen molar-refractivity contribution in [2.75, 3.05) is 0 Å². The topological polar surface area (TPSA) is 20.2 Å². The van der Waals surface area contributed by atoms with E-state index >= 15 is 0 Å². The zero-order valence-electron chi connectivity index (χ0n) is 11.9. The van der Waals surface area contributed by atoms with Crippen LogP contribution >= 0.6 is 0 Å². The number of benzene rings is 1. The van der Waals surface area contributed by atoms with Crippen molar-refractivity contribution in [1.29, 1.82) is 0 Å². The Morgan fingerprint density at radius 2 is 1.79 bits per heavy atom. The number of allylic oxidation sites excluding steroid dienone is 1. The molecule has 104 valence electrons. The van der Waals surface area contributed by atoms with Crippen molar-refractivity contribution in [1.82, 2.24) is 0 Å². The second-order valence-corrected chi connectivity index (χ2v) is 5.63. The minimum atomic E-state index is -0.207. The summed E-state index contributed by atoms with van der Waals surface area (Å²) in [4.78, 5) is 0. The predicted molar refractivity (Wildman–Crippen MR) is 81.2 cm³/mol. The van der Waals surface area contributed by atoms with Gasteiger partial charge in [-0.3, -0.25) is 0 Å². The minimum Gasteiger partial charge on any atom is -0.389 e. The molecule has 0 saturated carbocycles. The molecule has 1 aromatic carbocycles. The first-order chi connectivity index (χ1) is 9.36. The Bertz CT molecular complexity index is 380. The van der Waals surface area contributed by atoms with Gasteiger partial charge in [0.15, 0.2) is 0 Å². The number of aliphatic hydroxyl groups is 1. The van der Waals surface area contributed by atoms with Gasteiger partial charge in [-0.05, 0) is 56.1 Å². The number of hydrogen-bond acceptors (Lipinski definition) is 1. The van der Waals surface area contributed by atoms with Crippen LogP contribution < -0.4 is 0 Å². The third-order valence-corrected chi connectivity index (χ3v) is 4.04. The molecule has 1 aliphatic rings. The minimum absolute atomic E-state index is 0.207. The molecule has 0 saturated heterocycles. The Kier molecular flexibility index (Phi) is 6.16. The highest BCUT2D eigenvalue weighted by Crippen LogP contribution is 2.22. The van der Waals surface area contributed by atoms with Crippen LogP contribution in [0.15, 0.2) is 42.0 Å². The van der Waals surface area contributed by atoms with E-state index < -0.39 is 0 Å². The summed E-state index contributed by atoms with van der Waals surface area (Å²) in [5, 5.41) is 10.3. The van der Waals surface area contributed by atoms with E-state index in [0.717, 1.165) is 32.1 Å². The molecule has 2 rings (SSSR count). The van der Waals surface area contributed by atoms with E-state index in [1.807, 2.05) is 0 Å². The first kappa shape index (κ1) is 14.3. The largest absolute Gasteiger partial charge is 0.389 e. The van der Waals surface area contributed by atoms with Crippen molar-refractivity contribution >= 4 is 0 Å². The maximum atomic E-state index is 10.3. The van der Waals surface area contributed by atoms with Gasteiger partial charge in [-0.1, -0.05) is 49.2 Å². The van der Waals surface area contributed by atoms with Crippen molar-refractivity contribution in [2.45, 2.75) is 63.9 Å². The first-order valence-electron chi connectivity index (χ1n) is 7.77. The summed E-state index contributed by atoms with van der Waals surface area (Å²) in [6, 6.07) is 10.6. The molecule has 0 radical (unpaired) electrons. The summed E-state index contributed by atoms with van der Waals surface area (Å²) in [5.41, 5.74) is 2.68. The molecule has 1 nitrogen and oxygen atoms in total. The lowest BCUT2D eigenvalue weighted by atomic mass is 9.93. The van der Waals surface area contributed by atoms with Crippen LogP contribution in [0.2, 0.25) is 0 Å². The molecule has 1 N–H and O–H groups in total. The van der Waals surface area contributed by atoms with Crippen LogP contribution in [-0.4, -0.2) is 11.2 Å². The van der Waals surface area contributed by atoms with Crippen molar-refractivity contribution in [3.8, 4) is 0 Å². The quantitative estimate of drug-likeness (QED) is 0.762. The lowest BCUT2D eigenvalue weighted by molar-refractivity contribution is 0.191. The maximum absolute atomic E-state index is 10.3. The van der Waals surface area contributed by atoms with E-state index in [9.17, 15) is 5.11 Å². The van der Waals surface area contributed by atoms with Crippen molar-refractivity contribution < 1.29 is 5.11 Å². The van der Waals surface area contributed by atoms with Crippen LogP contribution in [0.1, 0.15) is 56.9 Å². The number of rotatable bonds is 5. The molecule has 0 aromatic heterocycles. The van der Waals surface area contributed by atoms with E-state index in [-0.39, 0.29) is 6.10 Å². The SMILES string of the molecule is OC(CCCc1ccccc1)/C1=C/CCCCCC1. The van der Waals surface area contributed by atoms with E-state index in [4.69, 9.17) is 0 Å². The molecular formula is C18H26O. The fraction of sp³-hybridized carbons (Fsp3) is 0.556. The average Bonchev–Trinajstić information content (AvgIpc) is 2.39. The Morgan fingerprint density at radius 1 is 1.00 bits per heavy atom. The van der Waals surface area contributed by atoms with Gasteiger partial charge in [0.25, 0.3) is 0 Å². The number of hydrogen-bond donors (Lipinski definition) is 1. The van der Waals surface area contributed by atoms with E-state index in [2.05, 4.69) is 36.4 Å². The smallest absolute Gasteiger partial charge is 0.0750 e. The van der Waals surface area contributed by atoms with Crippen LogP contribution in [0.25, 0.3) is 0 Å². The zero-order valence-corrected chi connectivity index (χ0v) is 11.9. The predicted octanol–water partition coefficient (Wildman–Crippen LogP) is 4.65. The summed E-state index contributed by atoms with van der Waals surface area (Å²) < 4.78 is 0. The van der Waals surface area contributed by atoms with Gasteiger partial charge in [0.05, 0.1) is 6.10 Å². The van der Waals surface area contributed by atoms with Crippen molar-refractivity contribution in [3.63, 3.8) is 0 Å². The summed E-state index contributed by atoms with van der Waals surface area (Å²) in [7, 11) is 0. The number of aryl methyl sites for hydroxylation is 1. The standard InChI is InChI=1S/C18H26O/c19-18(17-13-7-2-1-3-8-14-17)15-9-12-16-10-5-4-6-11-16/h4-6,10-11,13,18-19H,1-3,7-9,12,14-15H2/b17-13+. The number of aliphatic hydroxyl groups excluding tert-OH is 1. The normalized spacial score (nSPS) is 21.0. The molecule has 0 amide bonds. The summed E-state index contributed by atoms with van der Waals surface area (Å²) in [5.74, 6) is 0. The Balaban J connectivity index is 1.75. The van der Waals surface area contributed by atoms with E-state index in [1.165, 1.54) is 36.8 Å². The van der Waals surface area contributed by atoms with Gasteiger partial charge in [-0.2, -0.15) is 0 Å². The highest BCUT2D eigenvalue weighted by molar-refractivity contribution is 5.15. The van der Waals surface area contributed by atoms with E-state index in [1.54, 1.807) is 0 Å². The van der Waals surface area contributed by atoms with Crippen molar-refractivity contribution in [3.05, 3.63) is 47.5 Å². The Morgan fingerprint density at radius 3 is 2.63 bits per heavy atom. The first-order valence-corrected chi connectivity index (χ1v) is 7.77. The fourth-order valence-corrected chi connectivity index (χ4v) is 2.85. The van der Waals surface area contributed by atoms with Crippen LogP contribution in [0.5, 0.6) is 0 Å². The average molecular weight is 258 g/mol. The lowest BCUT2D eigenvalue weighted by Crippen LogP contribution is -2.11. The monoisotopic (exact) mass is 258 g/mol. The van der Waals surface area contributed by atoms with Crippen LogP contribution in [-0.2, 0) is 6.42 Å². The van der Waals surface area contributed by atoms with Gasteiger partial charge in [-0.25, -0.2) is 0 Å². The molecule has 0 fully saturated rings. The van der Waals surface area contributed by atoms with E-state index in [0.29, 0.717) is 0 Å². The molecular weight excluding hydrogens is 232 g/mol. The molecule has 1 aliphatic carbocycles. The third kappa shape index (κ3) is 5.20. The molecule has 1 heteroatoms. The molecule has 1 atom stereocenters. The maximum Gasteiger partial charge on any atom is 0.0750 e. The van der Waals surface area contributed by atoms with Gasteiger partial charge in [-0.15, -0.1) is 0 Å². The molecule has 0 spiro atoms. The third-order valence-electron chi connectivity index (χ3n) is 4.04. The second-order valence-electron chi connectivity index (χ2n) is 5.63. The zero-order chi connectivity index (χ0) is 13.3. The van der Waals surface area contributed by atoms with Crippen LogP contribution in [0, 0.1) is 0 Å². The molecule has 0 bridgehead atoms. The summed E-state index contributed by atoms with van der Waals surface area (Å²) >= 11 is 0. The van der Waals surface area contributed by atoms with Gasteiger partial charge in [0.1, 0.15) is 0 Å². The van der Waals surface area contributed by atoms with Gasteiger partial charge in [0, 0.05) is 0 Å². The lowest BCUT2D eigenvalue weighted by Gasteiger charge is -2.17. The van der Waals surface area contributed by atoms with Crippen molar-refractivity contribution in [2.24, 2.45) is 0 Å². The highest BCUT2D eigenvalue weighted by Gasteiger charge is 2.11. The molecule has 0 heterocycles. The Labute approximate surface area is 117 Å². The summed E-state index contributed by atoms with van der Waals surface area (Å²) in [6.45, 7) is 0. The summed E-state index contributed by atoms with van der Waals surface area (Å²) in [6.07, 6.45) is 12.6.